The lowest BCUT2D eigenvalue weighted by atomic mass is 10.3. The van der Waals surface area contributed by atoms with Gasteiger partial charge < -0.3 is 5.32 Å². The average Bonchev–Trinajstić information content (AvgIpc) is 3.10. The van der Waals surface area contributed by atoms with E-state index in [-0.39, 0.29) is 0 Å². The number of nitrogens with one attached hydrogen (secondary N) is 1. The number of hydrogen-bond acceptors (Lipinski definition) is 4. The van der Waals surface area contributed by atoms with Crippen LogP contribution in [0.2, 0.25) is 5.15 Å². The first-order chi connectivity index (χ1) is 8.70. The largest absolute Gasteiger partial charge is 0.366 e. The Morgan fingerprint density at radius 2 is 2.28 bits per heavy atom. The summed E-state index contributed by atoms with van der Waals surface area (Å²) in [6.45, 7) is 0.686. The second-order valence-electron chi connectivity index (χ2n) is 4.58. The molecule has 0 radical (unpaired) electrons. The summed E-state index contributed by atoms with van der Waals surface area (Å²) in [5.41, 5.74) is 1.11. The highest BCUT2D eigenvalue weighted by Crippen LogP contribution is 2.38. The van der Waals surface area contributed by atoms with E-state index in [1.807, 2.05) is 19.4 Å². The van der Waals surface area contributed by atoms with Crippen LogP contribution in [0.4, 0.5) is 5.82 Å². The molecule has 2 aromatic heterocycles. The lowest BCUT2D eigenvalue weighted by Crippen LogP contribution is -2.03. The van der Waals surface area contributed by atoms with E-state index >= 15 is 0 Å². The molecule has 18 heavy (non-hydrogen) atoms. The Hall–Kier alpha value is -1.62. The van der Waals surface area contributed by atoms with Crippen LogP contribution in [0, 0.1) is 0 Å². The van der Waals surface area contributed by atoms with Crippen LogP contribution < -0.4 is 5.32 Å². The fourth-order valence-corrected chi connectivity index (χ4v) is 2.00. The van der Waals surface area contributed by atoms with E-state index in [1.165, 1.54) is 12.8 Å². The van der Waals surface area contributed by atoms with Crippen molar-refractivity contribution in [3.05, 3.63) is 35.0 Å². The average molecular weight is 264 g/mol. The summed E-state index contributed by atoms with van der Waals surface area (Å²) in [5, 5.41) is 7.87. The van der Waals surface area contributed by atoms with Crippen molar-refractivity contribution in [2.24, 2.45) is 7.05 Å². The zero-order chi connectivity index (χ0) is 12.5. The Morgan fingerprint density at radius 3 is 2.94 bits per heavy atom. The molecule has 0 aromatic carbocycles. The summed E-state index contributed by atoms with van der Waals surface area (Å²) < 4.78 is 1.78. The van der Waals surface area contributed by atoms with Crippen molar-refractivity contribution in [1.82, 2.24) is 19.7 Å². The van der Waals surface area contributed by atoms with Crippen LogP contribution in [0.5, 0.6) is 0 Å². The molecule has 94 valence electrons. The third-order valence-electron chi connectivity index (χ3n) is 2.89. The molecule has 1 aliphatic carbocycles. The lowest BCUT2D eigenvalue weighted by molar-refractivity contribution is 0.767. The number of anilines is 1. The third-order valence-corrected chi connectivity index (χ3v) is 3.08. The molecule has 2 aromatic rings. The molecule has 1 N–H and O–H groups in total. The van der Waals surface area contributed by atoms with Gasteiger partial charge in [-0.05, 0) is 12.8 Å². The van der Waals surface area contributed by atoms with E-state index in [2.05, 4.69) is 20.4 Å². The summed E-state index contributed by atoms with van der Waals surface area (Å²) in [6, 6.07) is 1.75. The van der Waals surface area contributed by atoms with Gasteiger partial charge in [0.05, 0.1) is 6.20 Å². The summed E-state index contributed by atoms with van der Waals surface area (Å²) in [7, 11) is 1.90. The minimum Gasteiger partial charge on any atom is -0.366 e. The Bertz CT molecular complexity index is 561. The number of halogens is 1. The Labute approximate surface area is 110 Å². The maximum absolute atomic E-state index is 6.00. The normalized spacial score (nSPS) is 14.8. The molecular formula is C12H14ClN5. The van der Waals surface area contributed by atoms with Crippen LogP contribution in [0.3, 0.4) is 0 Å². The fourth-order valence-electron chi connectivity index (χ4n) is 1.81. The van der Waals surface area contributed by atoms with Gasteiger partial charge in [-0.1, -0.05) is 11.6 Å². The predicted octanol–water partition coefficient (Wildman–Crippen LogP) is 2.35. The van der Waals surface area contributed by atoms with Crippen molar-refractivity contribution in [2.45, 2.75) is 25.3 Å². The van der Waals surface area contributed by atoms with Crippen molar-refractivity contribution in [1.29, 1.82) is 0 Å². The monoisotopic (exact) mass is 263 g/mol. The number of hydrogen-bond donors (Lipinski definition) is 1. The molecule has 1 saturated carbocycles. The van der Waals surface area contributed by atoms with Gasteiger partial charge in [-0.25, -0.2) is 9.97 Å². The third kappa shape index (κ3) is 2.61. The number of nitrogens with zero attached hydrogens (tertiary/aromatic N) is 4. The smallest absolute Gasteiger partial charge is 0.135 e. The first-order valence-electron chi connectivity index (χ1n) is 5.96. The molecule has 0 atom stereocenters. The zero-order valence-electron chi connectivity index (χ0n) is 10.1. The van der Waals surface area contributed by atoms with Gasteiger partial charge >= 0.3 is 0 Å². The highest BCUT2D eigenvalue weighted by Gasteiger charge is 2.27. The van der Waals surface area contributed by atoms with Crippen LogP contribution >= 0.6 is 11.6 Å². The van der Waals surface area contributed by atoms with Crippen molar-refractivity contribution in [3.63, 3.8) is 0 Å². The number of rotatable bonds is 4. The van der Waals surface area contributed by atoms with E-state index in [9.17, 15) is 0 Å². The second kappa shape index (κ2) is 4.57. The summed E-state index contributed by atoms with van der Waals surface area (Å²) >= 11 is 6.00. The van der Waals surface area contributed by atoms with Crippen LogP contribution in [-0.2, 0) is 13.6 Å². The van der Waals surface area contributed by atoms with Gasteiger partial charge in [0.2, 0.25) is 0 Å². The summed E-state index contributed by atoms with van der Waals surface area (Å²) in [6.07, 6.45) is 6.14. The minimum atomic E-state index is 0.501. The van der Waals surface area contributed by atoms with Crippen molar-refractivity contribution in [2.75, 3.05) is 5.32 Å². The molecular weight excluding hydrogens is 250 g/mol. The molecule has 1 fully saturated rings. The maximum atomic E-state index is 6.00. The van der Waals surface area contributed by atoms with Gasteiger partial charge in [0.25, 0.3) is 0 Å². The fraction of sp³-hybridized carbons (Fsp3) is 0.417. The van der Waals surface area contributed by atoms with Gasteiger partial charge in [-0.15, -0.1) is 0 Å². The van der Waals surface area contributed by atoms with Gasteiger partial charge in [-0.3, -0.25) is 4.68 Å². The molecule has 5 nitrogen and oxygen atoms in total. The molecule has 0 spiro atoms. The molecule has 0 saturated heterocycles. The number of aromatic nitrogens is 4. The first-order valence-corrected chi connectivity index (χ1v) is 6.34. The van der Waals surface area contributed by atoms with Gasteiger partial charge in [0.15, 0.2) is 0 Å². The number of aryl methyl sites for hydroxylation is 1. The van der Waals surface area contributed by atoms with Gasteiger partial charge in [0, 0.05) is 37.3 Å². The van der Waals surface area contributed by atoms with E-state index < -0.39 is 0 Å². The van der Waals surface area contributed by atoms with Crippen LogP contribution in [0.1, 0.15) is 30.1 Å². The van der Waals surface area contributed by atoms with Crippen molar-refractivity contribution >= 4 is 17.4 Å². The van der Waals surface area contributed by atoms with Gasteiger partial charge in [0.1, 0.15) is 16.8 Å². The first kappa shape index (κ1) is 11.5. The molecule has 0 bridgehead atoms. The molecule has 0 amide bonds. The van der Waals surface area contributed by atoms with E-state index in [4.69, 9.17) is 11.6 Å². The van der Waals surface area contributed by atoms with Crippen molar-refractivity contribution in [3.8, 4) is 0 Å². The minimum absolute atomic E-state index is 0.501. The molecule has 0 unspecified atom stereocenters. The quantitative estimate of drug-likeness (QED) is 0.861. The maximum Gasteiger partial charge on any atom is 0.135 e. The summed E-state index contributed by atoms with van der Waals surface area (Å²) in [4.78, 5) is 8.74. The van der Waals surface area contributed by atoms with Crippen LogP contribution in [-0.4, -0.2) is 19.7 Å². The Kier molecular flexibility index (Phi) is 2.91. The molecule has 2 heterocycles. The highest BCUT2D eigenvalue weighted by molar-refractivity contribution is 6.29. The topological polar surface area (TPSA) is 55.6 Å². The Morgan fingerprint density at radius 1 is 1.44 bits per heavy atom. The molecule has 6 heteroatoms. The predicted molar refractivity (Wildman–Crippen MR) is 69.6 cm³/mol. The molecule has 1 aliphatic rings. The standard InChI is InChI=1S/C12H14ClN5/c1-18-7-8(6-15-18)5-14-11-4-10(13)16-12(17-11)9-2-3-9/h4,6-7,9H,2-3,5H2,1H3,(H,14,16,17). The van der Waals surface area contributed by atoms with Crippen molar-refractivity contribution < 1.29 is 0 Å². The second-order valence-corrected chi connectivity index (χ2v) is 4.97. The van der Waals surface area contributed by atoms with E-state index in [0.29, 0.717) is 17.6 Å². The van der Waals surface area contributed by atoms with E-state index in [0.717, 1.165) is 17.2 Å². The molecule has 3 rings (SSSR count). The lowest BCUT2D eigenvalue weighted by Gasteiger charge is -2.06. The summed E-state index contributed by atoms with van der Waals surface area (Å²) in [5.74, 6) is 2.14. The highest BCUT2D eigenvalue weighted by atomic mass is 35.5. The Balaban J connectivity index is 1.71. The van der Waals surface area contributed by atoms with Crippen LogP contribution in [0.25, 0.3) is 0 Å². The van der Waals surface area contributed by atoms with Gasteiger partial charge in [-0.2, -0.15) is 5.10 Å². The van der Waals surface area contributed by atoms with E-state index in [1.54, 1.807) is 10.7 Å². The SMILES string of the molecule is Cn1cc(CNc2cc(Cl)nc(C3CC3)n2)cn1. The molecule has 0 aliphatic heterocycles. The van der Waals surface area contributed by atoms with Crippen LogP contribution in [0.15, 0.2) is 18.5 Å². The zero-order valence-corrected chi connectivity index (χ0v) is 10.9.